The summed E-state index contributed by atoms with van der Waals surface area (Å²) < 4.78 is 12.7. The van der Waals surface area contributed by atoms with Crippen LogP contribution in [0.1, 0.15) is 16.7 Å². The Morgan fingerprint density at radius 3 is 2.25 bits per heavy atom. The second kappa shape index (κ2) is 12.2. The number of carbonyl (C=O) groups excluding carboxylic acids is 3. The molecule has 0 bridgehead atoms. The second-order valence-corrected chi connectivity index (χ2v) is 10.1. The van der Waals surface area contributed by atoms with E-state index in [-0.39, 0.29) is 17.9 Å². The zero-order valence-electron chi connectivity index (χ0n) is 21.0. The Hall–Kier alpha value is -4.40. The number of carbonyl (C=O) groups is 3. The lowest BCUT2D eigenvalue weighted by atomic mass is 10.1. The van der Waals surface area contributed by atoms with E-state index in [9.17, 15) is 14.4 Å². The van der Waals surface area contributed by atoms with Gasteiger partial charge in [-0.3, -0.25) is 14.9 Å². The fourth-order valence-electron chi connectivity index (χ4n) is 3.99. The summed E-state index contributed by atoms with van der Waals surface area (Å²) in [6, 6.07) is 27.7. The zero-order valence-corrected chi connectivity index (χ0v) is 23.3. The fourth-order valence-corrected chi connectivity index (χ4v) is 4.44. The monoisotopic (exact) mass is 616 g/mol. The van der Waals surface area contributed by atoms with Crippen molar-refractivity contribution in [2.45, 2.75) is 13.2 Å². The lowest BCUT2D eigenvalue weighted by Gasteiger charge is -2.26. The van der Waals surface area contributed by atoms with Gasteiger partial charge in [-0.25, -0.2) is 9.69 Å². The molecular weight excluding hydrogens is 596 g/mol. The van der Waals surface area contributed by atoms with E-state index in [4.69, 9.17) is 21.1 Å². The third kappa shape index (κ3) is 6.25. The van der Waals surface area contributed by atoms with Crippen molar-refractivity contribution < 1.29 is 23.9 Å². The largest absolute Gasteiger partial charge is 0.489 e. The van der Waals surface area contributed by atoms with Gasteiger partial charge in [0.05, 0.1) is 5.69 Å². The standard InChI is InChI=1S/C31H22BrClN2O5/c32-23-11-9-20(10-12-23)18-40-28-8-4-2-5-21(28)17-26-29(36)34-31(38)35(30(26)37)24-13-15-25(16-14-24)39-19-22-6-1-3-7-27(22)33/h1-17H,18-19H2,(H,34,36,38)/b26-17+. The van der Waals surface area contributed by atoms with Crippen LogP contribution in [0.4, 0.5) is 10.5 Å². The molecule has 0 spiro atoms. The van der Waals surface area contributed by atoms with E-state index in [1.165, 1.54) is 6.08 Å². The van der Waals surface area contributed by atoms with Crippen molar-refractivity contribution in [3.63, 3.8) is 0 Å². The van der Waals surface area contributed by atoms with Crippen LogP contribution in [0.3, 0.4) is 0 Å². The number of halogens is 2. The maximum absolute atomic E-state index is 13.4. The third-order valence-corrected chi connectivity index (χ3v) is 6.97. The Balaban J connectivity index is 1.33. The summed E-state index contributed by atoms with van der Waals surface area (Å²) in [4.78, 5) is 39.7. The summed E-state index contributed by atoms with van der Waals surface area (Å²) in [6.07, 6.45) is 1.43. The van der Waals surface area contributed by atoms with Crippen molar-refractivity contribution in [1.29, 1.82) is 0 Å². The van der Waals surface area contributed by atoms with Crippen molar-refractivity contribution in [2.24, 2.45) is 0 Å². The minimum Gasteiger partial charge on any atom is -0.489 e. The van der Waals surface area contributed by atoms with E-state index in [0.29, 0.717) is 28.7 Å². The number of amides is 4. The van der Waals surface area contributed by atoms with E-state index >= 15 is 0 Å². The van der Waals surface area contributed by atoms with Gasteiger partial charge >= 0.3 is 6.03 Å². The van der Waals surface area contributed by atoms with Gasteiger partial charge in [0.1, 0.15) is 30.3 Å². The number of para-hydroxylation sites is 1. The first-order valence-electron chi connectivity index (χ1n) is 12.2. The van der Waals surface area contributed by atoms with E-state index in [1.54, 1.807) is 54.6 Å². The fraction of sp³-hybridized carbons (Fsp3) is 0.0645. The van der Waals surface area contributed by atoms with E-state index in [0.717, 1.165) is 20.5 Å². The van der Waals surface area contributed by atoms with E-state index < -0.39 is 17.8 Å². The van der Waals surface area contributed by atoms with Gasteiger partial charge in [0, 0.05) is 20.6 Å². The Morgan fingerprint density at radius 2 is 1.50 bits per heavy atom. The molecule has 1 N–H and O–H groups in total. The molecule has 4 aromatic rings. The smallest absolute Gasteiger partial charge is 0.335 e. The van der Waals surface area contributed by atoms with Crippen molar-refractivity contribution >= 4 is 57.1 Å². The number of urea groups is 1. The highest BCUT2D eigenvalue weighted by Gasteiger charge is 2.37. The van der Waals surface area contributed by atoms with Crippen LogP contribution in [0, 0.1) is 0 Å². The number of ether oxygens (including phenoxy) is 2. The number of nitrogens with one attached hydrogen (secondary N) is 1. The molecule has 1 aliphatic rings. The zero-order chi connectivity index (χ0) is 28.1. The Kier molecular flexibility index (Phi) is 8.28. The van der Waals surface area contributed by atoms with Crippen LogP contribution in [0.25, 0.3) is 6.08 Å². The van der Waals surface area contributed by atoms with Crippen LogP contribution in [0.15, 0.2) is 107 Å². The molecular formula is C31H22BrClN2O5. The molecule has 0 radical (unpaired) electrons. The second-order valence-electron chi connectivity index (χ2n) is 8.78. The minimum atomic E-state index is -0.836. The van der Waals surface area contributed by atoms with E-state index in [2.05, 4.69) is 21.2 Å². The topological polar surface area (TPSA) is 84.9 Å². The van der Waals surface area contributed by atoms with Crippen LogP contribution >= 0.6 is 27.5 Å². The van der Waals surface area contributed by atoms with Crippen LogP contribution in [-0.4, -0.2) is 17.8 Å². The van der Waals surface area contributed by atoms with Gasteiger partial charge in [-0.15, -0.1) is 0 Å². The Labute approximate surface area is 244 Å². The van der Waals surface area contributed by atoms with Crippen molar-refractivity contribution in [2.75, 3.05) is 4.90 Å². The predicted octanol–water partition coefficient (Wildman–Crippen LogP) is 6.93. The first kappa shape index (κ1) is 27.2. The molecule has 9 heteroatoms. The molecule has 0 saturated carbocycles. The molecule has 1 fully saturated rings. The summed E-state index contributed by atoms with van der Waals surface area (Å²) in [6.45, 7) is 0.552. The molecule has 1 aliphatic heterocycles. The minimum absolute atomic E-state index is 0.196. The van der Waals surface area contributed by atoms with Crippen LogP contribution in [0.2, 0.25) is 5.02 Å². The van der Waals surface area contributed by atoms with Gasteiger partial charge in [0.15, 0.2) is 0 Å². The first-order valence-corrected chi connectivity index (χ1v) is 13.4. The average molecular weight is 618 g/mol. The van der Waals surface area contributed by atoms with Gasteiger partial charge < -0.3 is 9.47 Å². The molecule has 200 valence electrons. The predicted molar refractivity (Wildman–Crippen MR) is 156 cm³/mol. The maximum Gasteiger partial charge on any atom is 0.335 e. The number of benzene rings is 4. The van der Waals surface area contributed by atoms with Gasteiger partial charge in [-0.05, 0) is 60.2 Å². The molecule has 1 heterocycles. The summed E-state index contributed by atoms with van der Waals surface area (Å²) in [5.74, 6) is -0.519. The van der Waals surface area contributed by atoms with Crippen LogP contribution in [0.5, 0.6) is 11.5 Å². The Bertz CT molecular complexity index is 1600. The van der Waals surface area contributed by atoms with Gasteiger partial charge in [0.2, 0.25) is 0 Å². The number of hydrogen-bond acceptors (Lipinski definition) is 5. The highest BCUT2D eigenvalue weighted by Crippen LogP contribution is 2.28. The lowest BCUT2D eigenvalue weighted by Crippen LogP contribution is -2.54. The molecule has 1 saturated heterocycles. The number of barbiturate groups is 1. The number of anilines is 1. The summed E-state index contributed by atoms with van der Waals surface area (Å²) in [7, 11) is 0. The Morgan fingerprint density at radius 1 is 0.800 bits per heavy atom. The molecule has 4 aromatic carbocycles. The van der Waals surface area contributed by atoms with Crippen molar-refractivity contribution in [3.05, 3.63) is 129 Å². The summed E-state index contributed by atoms with van der Waals surface area (Å²) in [5.41, 5.74) is 2.39. The van der Waals surface area contributed by atoms with E-state index in [1.807, 2.05) is 42.5 Å². The number of nitrogens with zero attached hydrogens (tertiary/aromatic N) is 1. The average Bonchev–Trinajstić information content (AvgIpc) is 2.96. The van der Waals surface area contributed by atoms with Gasteiger partial charge in [-0.2, -0.15) is 0 Å². The quantitative estimate of drug-likeness (QED) is 0.171. The maximum atomic E-state index is 13.4. The molecule has 0 aliphatic carbocycles. The van der Waals surface area contributed by atoms with Crippen molar-refractivity contribution in [1.82, 2.24) is 5.32 Å². The highest BCUT2D eigenvalue weighted by atomic mass is 79.9. The molecule has 0 unspecified atom stereocenters. The number of hydrogen-bond donors (Lipinski definition) is 1. The van der Waals surface area contributed by atoms with Crippen LogP contribution in [-0.2, 0) is 22.8 Å². The number of rotatable bonds is 8. The normalized spacial score (nSPS) is 14.3. The van der Waals surface area contributed by atoms with Crippen molar-refractivity contribution in [3.8, 4) is 11.5 Å². The molecule has 7 nitrogen and oxygen atoms in total. The highest BCUT2D eigenvalue weighted by molar-refractivity contribution is 9.10. The van der Waals surface area contributed by atoms with Gasteiger partial charge in [-0.1, -0.05) is 76.1 Å². The SMILES string of the molecule is O=C1NC(=O)N(c2ccc(OCc3ccccc3Cl)cc2)C(=O)/C1=C/c1ccccc1OCc1ccc(Br)cc1. The van der Waals surface area contributed by atoms with Crippen LogP contribution < -0.4 is 19.7 Å². The summed E-state index contributed by atoms with van der Waals surface area (Å²) in [5, 5.41) is 2.84. The molecule has 4 amide bonds. The van der Waals surface area contributed by atoms with Gasteiger partial charge in [0.25, 0.3) is 11.8 Å². The third-order valence-electron chi connectivity index (χ3n) is 6.08. The lowest BCUT2D eigenvalue weighted by molar-refractivity contribution is -0.122. The molecule has 0 atom stereocenters. The molecule has 40 heavy (non-hydrogen) atoms. The number of imide groups is 2. The summed E-state index contributed by atoms with van der Waals surface area (Å²) >= 11 is 9.59. The molecule has 0 aromatic heterocycles. The first-order chi connectivity index (χ1) is 19.4. The molecule has 5 rings (SSSR count).